The first-order valence-corrected chi connectivity index (χ1v) is 6.44. The van der Waals surface area contributed by atoms with E-state index in [1.54, 1.807) is 7.05 Å². The second-order valence-electron chi connectivity index (χ2n) is 4.04. The van der Waals surface area contributed by atoms with Gasteiger partial charge in [-0.2, -0.15) is 0 Å². The quantitative estimate of drug-likeness (QED) is 0.827. The number of hydrogen-bond acceptors (Lipinski definition) is 3. The van der Waals surface area contributed by atoms with E-state index in [1.165, 1.54) is 0 Å². The van der Waals surface area contributed by atoms with Crippen LogP contribution in [0.25, 0.3) is 0 Å². The van der Waals surface area contributed by atoms with Gasteiger partial charge >= 0.3 is 0 Å². The summed E-state index contributed by atoms with van der Waals surface area (Å²) in [5, 5.41) is 3.28. The lowest BCUT2D eigenvalue weighted by Gasteiger charge is -2.26. The minimum Gasteiger partial charge on any atom is -0.362 e. The Labute approximate surface area is 113 Å². The number of likely N-dealkylation sites (N-methyl/N-ethyl adjacent to an activating group) is 1. The predicted molar refractivity (Wildman–Crippen MR) is 75.9 cm³/mol. The van der Waals surface area contributed by atoms with Crippen molar-refractivity contribution in [1.29, 1.82) is 0 Å². The molecular weight excluding hydrogens is 250 g/mol. The maximum atomic E-state index is 11.5. The van der Waals surface area contributed by atoms with Crippen LogP contribution in [0.15, 0.2) is 18.2 Å². The Balaban J connectivity index is 3.04. The number of benzene rings is 1. The number of nitrogens with one attached hydrogen (secondary N) is 1. The van der Waals surface area contributed by atoms with Crippen LogP contribution in [0.1, 0.15) is 18.9 Å². The zero-order chi connectivity index (χ0) is 13.5. The second kappa shape index (κ2) is 7.24. The molecule has 3 N–H and O–H groups in total. The summed E-state index contributed by atoms with van der Waals surface area (Å²) in [6.45, 7) is 3.55. The van der Waals surface area contributed by atoms with E-state index in [-0.39, 0.29) is 5.91 Å². The number of anilines is 1. The predicted octanol–water partition coefficient (Wildman–Crippen LogP) is 1.76. The van der Waals surface area contributed by atoms with Crippen molar-refractivity contribution in [2.24, 2.45) is 5.73 Å². The Morgan fingerprint density at radius 3 is 2.78 bits per heavy atom. The molecule has 1 amide bonds. The van der Waals surface area contributed by atoms with Crippen LogP contribution in [0.5, 0.6) is 0 Å². The van der Waals surface area contributed by atoms with Gasteiger partial charge in [-0.25, -0.2) is 0 Å². The number of amides is 1. The van der Waals surface area contributed by atoms with Crippen molar-refractivity contribution in [3.63, 3.8) is 0 Å². The molecule has 0 heterocycles. The molecule has 0 spiro atoms. The SMILES string of the molecule is CCCN(CC(=O)NC)c1cccc(Cl)c1CN. The molecule has 0 saturated carbocycles. The fraction of sp³-hybridized carbons (Fsp3) is 0.462. The Morgan fingerprint density at radius 2 is 2.22 bits per heavy atom. The van der Waals surface area contributed by atoms with Gasteiger partial charge < -0.3 is 16.0 Å². The molecule has 18 heavy (non-hydrogen) atoms. The lowest BCUT2D eigenvalue weighted by atomic mass is 10.1. The number of nitrogens with two attached hydrogens (primary N) is 1. The minimum atomic E-state index is -0.0219. The lowest BCUT2D eigenvalue weighted by Crippen LogP contribution is -2.36. The molecule has 0 saturated heterocycles. The van der Waals surface area contributed by atoms with Crippen LogP contribution in [0.4, 0.5) is 5.69 Å². The first kappa shape index (κ1) is 14.8. The fourth-order valence-electron chi connectivity index (χ4n) is 1.85. The van der Waals surface area contributed by atoms with Crippen molar-refractivity contribution in [3.8, 4) is 0 Å². The maximum absolute atomic E-state index is 11.5. The van der Waals surface area contributed by atoms with E-state index in [1.807, 2.05) is 23.1 Å². The van der Waals surface area contributed by atoms with Crippen molar-refractivity contribution in [1.82, 2.24) is 5.32 Å². The van der Waals surface area contributed by atoms with Gasteiger partial charge in [-0.05, 0) is 18.6 Å². The van der Waals surface area contributed by atoms with Crippen LogP contribution in [0, 0.1) is 0 Å². The number of halogens is 1. The molecule has 0 aliphatic rings. The summed E-state index contributed by atoms with van der Waals surface area (Å²) < 4.78 is 0. The second-order valence-corrected chi connectivity index (χ2v) is 4.44. The van der Waals surface area contributed by atoms with Crippen molar-refractivity contribution >= 4 is 23.2 Å². The van der Waals surface area contributed by atoms with Gasteiger partial charge in [0.1, 0.15) is 0 Å². The first-order valence-electron chi connectivity index (χ1n) is 6.07. The van der Waals surface area contributed by atoms with Gasteiger partial charge in [0.2, 0.25) is 5.91 Å². The first-order chi connectivity index (χ1) is 8.63. The molecule has 100 valence electrons. The van der Waals surface area contributed by atoms with Crippen LogP contribution < -0.4 is 16.0 Å². The summed E-state index contributed by atoms with van der Waals surface area (Å²) in [6, 6.07) is 5.65. The van der Waals surface area contributed by atoms with Gasteiger partial charge in [0, 0.05) is 36.4 Å². The molecule has 0 unspecified atom stereocenters. The number of carbonyl (C=O) groups is 1. The topological polar surface area (TPSA) is 58.4 Å². The molecular formula is C13H20ClN3O. The molecule has 5 heteroatoms. The summed E-state index contributed by atoms with van der Waals surface area (Å²) in [5.74, 6) is -0.0219. The van der Waals surface area contributed by atoms with E-state index in [9.17, 15) is 4.79 Å². The molecule has 0 bridgehead atoms. The highest BCUT2D eigenvalue weighted by molar-refractivity contribution is 6.31. The number of hydrogen-bond donors (Lipinski definition) is 2. The van der Waals surface area contributed by atoms with E-state index in [2.05, 4.69) is 12.2 Å². The molecule has 0 atom stereocenters. The molecule has 1 rings (SSSR count). The summed E-state index contributed by atoms with van der Waals surface area (Å²) in [6.07, 6.45) is 0.952. The normalized spacial score (nSPS) is 10.2. The average molecular weight is 270 g/mol. The minimum absolute atomic E-state index is 0.0219. The highest BCUT2D eigenvalue weighted by atomic mass is 35.5. The van der Waals surface area contributed by atoms with Crippen LogP contribution in [0.2, 0.25) is 5.02 Å². The Morgan fingerprint density at radius 1 is 1.50 bits per heavy atom. The number of rotatable bonds is 6. The average Bonchev–Trinajstić information content (AvgIpc) is 2.37. The van der Waals surface area contributed by atoms with Crippen LogP contribution in [0.3, 0.4) is 0 Å². The standard InChI is InChI=1S/C13H20ClN3O/c1-3-7-17(9-13(18)16-2)12-6-4-5-11(14)10(12)8-15/h4-6H,3,7-9,15H2,1-2H3,(H,16,18). The summed E-state index contributed by atoms with van der Waals surface area (Å²) in [4.78, 5) is 13.5. The molecule has 0 fully saturated rings. The maximum Gasteiger partial charge on any atom is 0.239 e. The lowest BCUT2D eigenvalue weighted by molar-refractivity contribution is -0.119. The summed E-state index contributed by atoms with van der Waals surface area (Å²) in [5.41, 5.74) is 7.56. The van der Waals surface area contributed by atoms with E-state index >= 15 is 0 Å². The molecule has 1 aromatic rings. The van der Waals surface area contributed by atoms with E-state index in [0.29, 0.717) is 18.1 Å². The largest absolute Gasteiger partial charge is 0.362 e. The molecule has 0 aromatic heterocycles. The Hall–Kier alpha value is -1.26. The third kappa shape index (κ3) is 3.62. The molecule has 0 aliphatic heterocycles. The summed E-state index contributed by atoms with van der Waals surface area (Å²) in [7, 11) is 1.63. The monoisotopic (exact) mass is 269 g/mol. The zero-order valence-electron chi connectivity index (χ0n) is 10.9. The van der Waals surface area contributed by atoms with Gasteiger partial charge in [-0.3, -0.25) is 4.79 Å². The smallest absolute Gasteiger partial charge is 0.239 e. The van der Waals surface area contributed by atoms with E-state index < -0.39 is 0 Å². The molecule has 0 aliphatic carbocycles. The Bertz CT molecular complexity index is 409. The summed E-state index contributed by atoms with van der Waals surface area (Å²) >= 11 is 6.14. The fourth-order valence-corrected chi connectivity index (χ4v) is 2.10. The number of nitrogens with zero attached hydrogens (tertiary/aromatic N) is 1. The third-order valence-electron chi connectivity index (χ3n) is 2.75. The van der Waals surface area contributed by atoms with Gasteiger partial charge in [0.15, 0.2) is 0 Å². The highest BCUT2D eigenvalue weighted by Crippen LogP contribution is 2.27. The van der Waals surface area contributed by atoms with Crippen molar-refractivity contribution < 1.29 is 4.79 Å². The van der Waals surface area contributed by atoms with Gasteiger partial charge in [-0.1, -0.05) is 24.6 Å². The van der Waals surface area contributed by atoms with Crippen molar-refractivity contribution in [2.75, 3.05) is 25.0 Å². The third-order valence-corrected chi connectivity index (χ3v) is 3.10. The van der Waals surface area contributed by atoms with Gasteiger partial charge in [0.25, 0.3) is 0 Å². The molecule has 1 aromatic carbocycles. The van der Waals surface area contributed by atoms with E-state index in [0.717, 1.165) is 24.2 Å². The van der Waals surface area contributed by atoms with Crippen LogP contribution in [-0.2, 0) is 11.3 Å². The van der Waals surface area contributed by atoms with Gasteiger partial charge in [-0.15, -0.1) is 0 Å². The molecule has 4 nitrogen and oxygen atoms in total. The van der Waals surface area contributed by atoms with Crippen molar-refractivity contribution in [3.05, 3.63) is 28.8 Å². The Kier molecular flexibility index (Phi) is 5.95. The number of carbonyl (C=O) groups excluding carboxylic acids is 1. The van der Waals surface area contributed by atoms with Crippen LogP contribution in [-0.4, -0.2) is 26.0 Å². The van der Waals surface area contributed by atoms with Gasteiger partial charge in [0.05, 0.1) is 6.54 Å². The highest BCUT2D eigenvalue weighted by Gasteiger charge is 2.14. The molecule has 0 radical (unpaired) electrons. The van der Waals surface area contributed by atoms with Crippen LogP contribution >= 0.6 is 11.6 Å². The van der Waals surface area contributed by atoms with Crippen molar-refractivity contribution in [2.45, 2.75) is 19.9 Å². The van der Waals surface area contributed by atoms with E-state index in [4.69, 9.17) is 17.3 Å². The zero-order valence-corrected chi connectivity index (χ0v) is 11.6.